The van der Waals surface area contributed by atoms with Crippen LogP contribution in [-0.4, -0.2) is 25.0 Å². The second-order valence-electron chi connectivity index (χ2n) is 4.05. The molecule has 0 radical (unpaired) electrons. The molecule has 1 unspecified atom stereocenters. The minimum atomic E-state index is -1.92. The summed E-state index contributed by atoms with van der Waals surface area (Å²) in [5.41, 5.74) is -1.15. The van der Waals surface area contributed by atoms with Crippen LogP contribution >= 0.6 is 11.6 Å². The van der Waals surface area contributed by atoms with Gasteiger partial charge in [-0.1, -0.05) is 11.6 Å². The second-order valence-corrected chi connectivity index (χ2v) is 4.49. The number of fused-ring (bicyclic) bond motifs is 2. The number of anilines is 1. The lowest BCUT2D eigenvalue weighted by atomic mass is 9.95. The van der Waals surface area contributed by atoms with Gasteiger partial charge in [0.15, 0.2) is 0 Å². The van der Waals surface area contributed by atoms with Crippen LogP contribution in [0.2, 0.25) is 5.02 Å². The van der Waals surface area contributed by atoms with Crippen LogP contribution in [0.3, 0.4) is 0 Å². The van der Waals surface area contributed by atoms with Gasteiger partial charge in [-0.15, -0.1) is 0 Å². The minimum Gasteiger partial charge on any atom is -0.417 e. The number of amides is 3. The molecule has 0 aliphatic carbocycles. The van der Waals surface area contributed by atoms with Crippen molar-refractivity contribution in [3.8, 4) is 0 Å². The molecule has 1 aromatic rings. The van der Waals surface area contributed by atoms with E-state index in [1.807, 2.05) is 5.32 Å². The molecule has 2 heterocycles. The van der Waals surface area contributed by atoms with Crippen molar-refractivity contribution in [1.82, 2.24) is 5.32 Å². The number of nitrogens with zero attached hydrogens (tertiary/aromatic N) is 1. The molecule has 1 saturated heterocycles. The van der Waals surface area contributed by atoms with Crippen LogP contribution in [0.15, 0.2) is 18.2 Å². The van der Waals surface area contributed by atoms with Crippen molar-refractivity contribution in [1.29, 1.82) is 0 Å². The molecule has 18 heavy (non-hydrogen) atoms. The number of rotatable bonds is 0. The van der Waals surface area contributed by atoms with Crippen LogP contribution in [0.1, 0.15) is 5.56 Å². The maximum Gasteiger partial charge on any atom is 0.415 e. The Labute approximate surface area is 106 Å². The third-order valence-electron chi connectivity index (χ3n) is 3.09. The molecule has 92 valence electrons. The van der Waals surface area contributed by atoms with E-state index in [1.54, 1.807) is 12.1 Å². The van der Waals surface area contributed by atoms with E-state index in [0.717, 1.165) is 0 Å². The van der Waals surface area contributed by atoms with Gasteiger partial charge >= 0.3 is 6.09 Å². The molecule has 1 aromatic carbocycles. The van der Waals surface area contributed by atoms with Gasteiger partial charge in [-0.3, -0.25) is 14.9 Å². The van der Waals surface area contributed by atoms with Gasteiger partial charge in [-0.05, 0) is 18.2 Å². The zero-order valence-electron chi connectivity index (χ0n) is 9.19. The van der Waals surface area contributed by atoms with Gasteiger partial charge in [0.05, 0.1) is 5.69 Å². The Morgan fingerprint density at radius 2 is 2.06 bits per heavy atom. The van der Waals surface area contributed by atoms with Crippen molar-refractivity contribution >= 4 is 35.2 Å². The number of alkyl carbamates (subject to hydrolysis) is 1. The van der Waals surface area contributed by atoms with Gasteiger partial charge in [0.2, 0.25) is 0 Å². The Bertz CT molecular complexity index is 615. The average Bonchev–Trinajstić information content (AvgIpc) is 2.72. The lowest BCUT2D eigenvalue weighted by Crippen LogP contribution is -2.45. The molecular formula is C11H7ClN2O4. The van der Waals surface area contributed by atoms with Gasteiger partial charge in [0.1, 0.15) is 0 Å². The van der Waals surface area contributed by atoms with Crippen molar-refractivity contribution in [2.24, 2.45) is 0 Å². The van der Waals surface area contributed by atoms with E-state index in [1.165, 1.54) is 18.0 Å². The SMILES string of the molecule is CN1C(=O)C2(OC(=O)NC2=O)c2cc(Cl)ccc21. The lowest BCUT2D eigenvalue weighted by Gasteiger charge is -2.17. The smallest absolute Gasteiger partial charge is 0.415 e. The number of ether oxygens (including phenoxy) is 1. The largest absolute Gasteiger partial charge is 0.417 e. The number of hydrogen-bond donors (Lipinski definition) is 1. The summed E-state index contributed by atoms with van der Waals surface area (Å²) in [6.07, 6.45) is -0.936. The number of carbonyl (C=O) groups excluding carboxylic acids is 3. The van der Waals surface area contributed by atoms with Crippen molar-refractivity contribution in [3.63, 3.8) is 0 Å². The lowest BCUT2D eigenvalue weighted by molar-refractivity contribution is -0.144. The standard InChI is InChI=1S/C11H7ClN2O4/c1-14-7-3-2-5(12)4-6(7)11(9(14)16)8(15)13-10(17)18-11/h2-4H,1H3,(H,13,15,17). The average molecular weight is 267 g/mol. The topological polar surface area (TPSA) is 75.7 Å². The van der Waals surface area contributed by atoms with E-state index in [2.05, 4.69) is 0 Å². The van der Waals surface area contributed by atoms with Crippen LogP contribution in [0.25, 0.3) is 0 Å². The summed E-state index contributed by atoms with van der Waals surface area (Å²) < 4.78 is 4.94. The number of imide groups is 1. The fourth-order valence-corrected chi connectivity index (χ4v) is 2.43. The normalized spacial score (nSPS) is 25.4. The maximum absolute atomic E-state index is 12.2. The fourth-order valence-electron chi connectivity index (χ4n) is 2.25. The molecule has 2 aliphatic rings. The predicted molar refractivity (Wildman–Crippen MR) is 61.2 cm³/mol. The highest BCUT2D eigenvalue weighted by Gasteiger charge is 2.63. The number of benzene rings is 1. The van der Waals surface area contributed by atoms with Crippen molar-refractivity contribution < 1.29 is 19.1 Å². The van der Waals surface area contributed by atoms with E-state index in [-0.39, 0.29) is 5.56 Å². The first-order valence-electron chi connectivity index (χ1n) is 5.09. The maximum atomic E-state index is 12.2. The predicted octanol–water partition coefficient (Wildman–Crippen LogP) is 0.778. The molecule has 1 atom stereocenters. The summed E-state index contributed by atoms with van der Waals surface area (Å²) in [5.74, 6) is -1.39. The highest BCUT2D eigenvalue weighted by molar-refractivity contribution is 6.31. The Balaban J connectivity index is 2.30. The van der Waals surface area contributed by atoms with Gasteiger partial charge in [-0.25, -0.2) is 4.79 Å². The summed E-state index contributed by atoms with van der Waals surface area (Å²) in [4.78, 5) is 36.6. The quantitative estimate of drug-likeness (QED) is 0.704. The minimum absolute atomic E-state index is 0.283. The van der Waals surface area contributed by atoms with Crippen molar-refractivity contribution in [3.05, 3.63) is 28.8 Å². The summed E-state index contributed by atoms with van der Waals surface area (Å²) in [6.45, 7) is 0. The summed E-state index contributed by atoms with van der Waals surface area (Å²) >= 11 is 5.86. The summed E-state index contributed by atoms with van der Waals surface area (Å²) in [6, 6.07) is 4.65. The van der Waals surface area contributed by atoms with Gasteiger partial charge in [0.25, 0.3) is 17.4 Å². The molecule has 1 spiro atoms. The highest BCUT2D eigenvalue weighted by atomic mass is 35.5. The Morgan fingerprint density at radius 3 is 2.67 bits per heavy atom. The monoisotopic (exact) mass is 266 g/mol. The third-order valence-corrected chi connectivity index (χ3v) is 3.32. The highest BCUT2D eigenvalue weighted by Crippen LogP contribution is 2.45. The molecule has 7 heteroatoms. The molecule has 2 aliphatic heterocycles. The second kappa shape index (κ2) is 3.23. The Morgan fingerprint density at radius 1 is 1.33 bits per heavy atom. The van der Waals surface area contributed by atoms with Crippen LogP contribution < -0.4 is 10.2 Å². The molecule has 0 saturated carbocycles. The molecule has 0 aromatic heterocycles. The Hall–Kier alpha value is -2.08. The van der Waals surface area contributed by atoms with Crippen molar-refractivity contribution in [2.45, 2.75) is 5.60 Å². The van der Waals surface area contributed by atoms with Crippen LogP contribution in [0.4, 0.5) is 10.5 Å². The molecule has 0 bridgehead atoms. The first-order valence-corrected chi connectivity index (χ1v) is 5.47. The van der Waals surface area contributed by atoms with E-state index in [4.69, 9.17) is 16.3 Å². The molecule has 6 nitrogen and oxygen atoms in total. The number of halogens is 1. The van der Waals surface area contributed by atoms with Gasteiger partial charge < -0.3 is 9.64 Å². The Kier molecular flexibility index (Phi) is 1.98. The number of likely N-dealkylation sites (N-methyl/N-ethyl adjacent to an activating group) is 1. The van der Waals surface area contributed by atoms with E-state index in [0.29, 0.717) is 10.7 Å². The van der Waals surface area contributed by atoms with Crippen LogP contribution in [0, 0.1) is 0 Å². The zero-order valence-corrected chi connectivity index (χ0v) is 9.95. The molecular weight excluding hydrogens is 260 g/mol. The third kappa shape index (κ3) is 1.10. The molecule has 3 rings (SSSR count). The molecule has 3 amide bonds. The summed E-state index contributed by atoms with van der Waals surface area (Å²) in [5, 5.41) is 2.32. The van der Waals surface area contributed by atoms with Gasteiger partial charge in [0, 0.05) is 17.6 Å². The fraction of sp³-hybridized carbons (Fsp3) is 0.182. The van der Waals surface area contributed by atoms with Crippen LogP contribution in [-0.2, 0) is 19.9 Å². The summed E-state index contributed by atoms with van der Waals surface area (Å²) in [7, 11) is 1.50. The molecule has 1 N–H and O–H groups in total. The van der Waals surface area contributed by atoms with E-state index in [9.17, 15) is 14.4 Å². The van der Waals surface area contributed by atoms with Crippen molar-refractivity contribution in [2.75, 3.05) is 11.9 Å². The van der Waals surface area contributed by atoms with E-state index >= 15 is 0 Å². The first-order chi connectivity index (χ1) is 8.46. The number of nitrogens with one attached hydrogen (secondary N) is 1. The molecule has 1 fully saturated rings. The number of hydrogen-bond acceptors (Lipinski definition) is 4. The van der Waals surface area contributed by atoms with Gasteiger partial charge in [-0.2, -0.15) is 0 Å². The van der Waals surface area contributed by atoms with Crippen LogP contribution in [0.5, 0.6) is 0 Å². The first kappa shape index (κ1) is 11.0. The number of carbonyl (C=O) groups is 3. The van der Waals surface area contributed by atoms with E-state index < -0.39 is 23.5 Å². The zero-order chi connectivity index (χ0) is 13.1.